The van der Waals surface area contributed by atoms with Gasteiger partial charge in [0.05, 0.1) is 6.61 Å². The molecule has 0 aromatic heterocycles. The van der Waals surface area contributed by atoms with E-state index in [-0.39, 0.29) is 18.0 Å². The Bertz CT molecular complexity index is 830. The number of anilines is 1. The monoisotopic (exact) mass is 400 g/mol. The van der Waals surface area contributed by atoms with Crippen molar-refractivity contribution in [3.8, 4) is 5.75 Å². The summed E-state index contributed by atoms with van der Waals surface area (Å²) >= 11 is 0. The maximum absolute atomic E-state index is 13.9. The van der Waals surface area contributed by atoms with Crippen LogP contribution in [0.3, 0.4) is 0 Å². The molecule has 0 unspecified atom stereocenters. The van der Waals surface area contributed by atoms with Crippen LogP contribution in [0, 0.1) is 5.82 Å². The minimum absolute atomic E-state index is 0.128. The first-order chi connectivity index (χ1) is 13.2. The van der Waals surface area contributed by atoms with Gasteiger partial charge in [0, 0.05) is 5.69 Å². The van der Waals surface area contributed by atoms with Gasteiger partial charge in [-0.1, -0.05) is 24.3 Å². The molecule has 1 atom stereocenters. The predicted molar refractivity (Wildman–Crippen MR) is 91.0 cm³/mol. The number of para-hydroxylation sites is 1. The molecule has 0 radical (unpaired) electrons. The molecule has 6 nitrogen and oxygen atoms in total. The number of hydrogen-bond donors (Lipinski definition) is 2. The van der Waals surface area contributed by atoms with E-state index in [1.807, 2.05) is 5.32 Å². The third-order valence-corrected chi connectivity index (χ3v) is 3.35. The Balaban J connectivity index is 2.37. The molecule has 2 rings (SSSR count). The van der Waals surface area contributed by atoms with E-state index in [1.54, 1.807) is 0 Å². The van der Waals surface area contributed by atoms with Crippen molar-refractivity contribution in [2.45, 2.75) is 18.8 Å². The van der Waals surface area contributed by atoms with Crippen molar-refractivity contribution in [2.75, 3.05) is 11.9 Å². The maximum Gasteiger partial charge on any atom is 0.460 e. The Kier molecular flexibility index (Phi) is 6.45. The molecule has 2 amide bonds. The van der Waals surface area contributed by atoms with Gasteiger partial charge in [-0.3, -0.25) is 5.32 Å². The third kappa shape index (κ3) is 4.90. The fourth-order valence-electron chi connectivity index (χ4n) is 2.15. The molecule has 0 fully saturated rings. The van der Waals surface area contributed by atoms with Gasteiger partial charge in [0.25, 0.3) is 0 Å². The summed E-state index contributed by atoms with van der Waals surface area (Å²) in [7, 11) is 0. The largest absolute Gasteiger partial charge is 0.461 e. The maximum atomic E-state index is 13.9. The molecule has 2 aromatic rings. The molecular formula is C18H16F4N2O4. The van der Waals surface area contributed by atoms with Crippen LogP contribution in [0.25, 0.3) is 0 Å². The molecule has 0 spiro atoms. The van der Waals surface area contributed by atoms with E-state index in [0.29, 0.717) is 0 Å². The van der Waals surface area contributed by atoms with Gasteiger partial charge in [0.1, 0.15) is 11.6 Å². The van der Waals surface area contributed by atoms with E-state index < -0.39 is 29.7 Å². The number of alkyl halides is 3. The Labute approximate surface area is 157 Å². The minimum atomic E-state index is -5.38. The fraction of sp³-hybridized carbons (Fsp3) is 0.222. The molecule has 0 aliphatic heterocycles. The first kappa shape index (κ1) is 21.0. The lowest BCUT2D eigenvalue weighted by Gasteiger charge is -2.33. The van der Waals surface area contributed by atoms with Crippen molar-refractivity contribution in [3.63, 3.8) is 0 Å². The van der Waals surface area contributed by atoms with Crippen LogP contribution in [0.1, 0.15) is 6.92 Å². The molecule has 0 heterocycles. The number of carbonyl (C=O) groups is 2. The normalized spacial score (nSPS) is 13.2. The van der Waals surface area contributed by atoms with Crippen molar-refractivity contribution < 1.29 is 36.6 Å². The fourth-order valence-corrected chi connectivity index (χ4v) is 2.15. The van der Waals surface area contributed by atoms with Crippen LogP contribution in [0.2, 0.25) is 0 Å². The van der Waals surface area contributed by atoms with Crippen molar-refractivity contribution in [1.82, 2.24) is 5.32 Å². The SMILES string of the molecule is CCOC(=O)[C@@](NC(=O)Nc1cccc(F)c1)(Oc1ccccc1)C(F)(F)F. The number of esters is 1. The highest BCUT2D eigenvalue weighted by Crippen LogP contribution is 2.34. The number of nitrogens with one attached hydrogen (secondary N) is 2. The number of urea groups is 1. The number of halogens is 4. The first-order valence-corrected chi connectivity index (χ1v) is 8.00. The van der Waals surface area contributed by atoms with Crippen molar-refractivity contribution in [3.05, 3.63) is 60.4 Å². The molecule has 10 heteroatoms. The van der Waals surface area contributed by atoms with Gasteiger partial charge in [-0.25, -0.2) is 14.0 Å². The lowest BCUT2D eigenvalue weighted by molar-refractivity contribution is -0.259. The summed E-state index contributed by atoms with van der Waals surface area (Å²) in [5.41, 5.74) is -3.95. The third-order valence-electron chi connectivity index (χ3n) is 3.35. The van der Waals surface area contributed by atoms with E-state index in [1.165, 1.54) is 54.7 Å². The van der Waals surface area contributed by atoms with Crippen LogP contribution in [0.4, 0.5) is 28.0 Å². The van der Waals surface area contributed by atoms with E-state index in [0.717, 1.165) is 12.1 Å². The van der Waals surface area contributed by atoms with Crippen LogP contribution in [0.15, 0.2) is 54.6 Å². The van der Waals surface area contributed by atoms with Crippen LogP contribution in [0.5, 0.6) is 5.75 Å². The Hall–Kier alpha value is -3.30. The zero-order valence-electron chi connectivity index (χ0n) is 14.5. The Morgan fingerprint density at radius 2 is 1.71 bits per heavy atom. The second-order valence-corrected chi connectivity index (χ2v) is 5.40. The summed E-state index contributed by atoms with van der Waals surface area (Å²) in [6, 6.07) is 9.65. The highest BCUT2D eigenvalue weighted by Gasteiger charge is 2.66. The highest BCUT2D eigenvalue weighted by atomic mass is 19.4. The second-order valence-electron chi connectivity index (χ2n) is 5.40. The van der Waals surface area contributed by atoms with Crippen LogP contribution in [-0.4, -0.2) is 30.5 Å². The van der Waals surface area contributed by atoms with E-state index in [2.05, 4.69) is 4.74 Å². The van der Waals surface area contributed by atoms with Gasteiger partial charge in [-0.2, -0.15) is 13.2 Å². The topological polar surface area (TPSA) is 76.7 Å². The molecular weight excluding hydrogens is 384 g/mol. The number of amides is 2. The number of rotatable bonds is 6. The zero-order chi connectivity index (χ0) is 20.8. The summed E-state index contributed by atoms with van der Waals surface area (Å²) in [5, 5.41) is 3.49. The number of benzene rings is 2. The molecule has 0 bridgehead atoms. The van der Waals surface area contributed by atoms with Crippen LogP contribution < -0.4 is 15.4 Å². The van der Waals surface area contributed by atoms with Gasteiger partial charge in [0.15, 0.2) is 0 Å². The molecule has 2 aromatic carbocycles. The lowest BCUT2D eigenvalue weighted by Crippen LogP contribution is -2.69. The average Bonchev–Trinajstić information content (AvgIpc) is 2.61. The molecule has 0 saturated heterocycles. The second kappa shape index (κ2) is 8.59. The van der Waals surface area contributed by atoms with Gasteiger partial charge < -0.3 is 14.8 Å². The van der Waals surface area contributed by atoms with Gasteiger partial charge >= 0.3 is 23.9 Å². The predicted octanol–water partition coefficient (Wildman–Crippen LogP) is 3.85. The number of ether oxygens (including phenoxy) is 2. The van der Waals surface area contributed by atoms with Gasteiger partial charge in [-0.15, -0.1) is 0 Å². The van der Waals surface area contributed by atoms with E-state index in [4.69, 9.17) is 4.74 Å². The molecule has 0 aliphatic rings. The molecule has 0 aliphatic carbocycles. The number of hydrogen-bond acceptors (Lipinski definition) is 4. The van der Waals surface area contributed by atoms with Gasteiger partial charge in [0.2, 0.25) is 0 Å². The van der Waals surface area contributed by atoms with Crippen LogP contribution >= 0.6 is 0 Å². The Morgan fingerprint density at radius 1 is 1.04 bits per heavy atom. The van der Waals surface area contributed by atoms with Crippen LogP contribution in [-0.2, 0) is 9.53 Å². The van der Waals surface area contributed by atoms with Crippen molar-refractivity contribution in [1.29, 1.82) is 0 Å². The van der Waals surface area contributed by atoms with Gasteiger partial charge in [-0.05, 0) is 37.3 Å². The molecule has 0 saturated carbocycles. The lowest BCUT2D eigenvalue weighted by atomic mass is 10.2. The summed E-state index contributed by atoms with van der Waals surface area (Å²) < 4.78 is 64.2. The first-order valence-electron chi connectivity index (χ1n) is 8.00. The van der Waals surface area contributed by atoms with Crippen molar-refractivity contribution >= 4 is 17.7 Å². The quantitative estimate of drug-likeness (QED) is 0.439. The zero-order valence-corrected chi connectivity index (χ0v) is 14.5. The highest BCUT2D eigenvalue weighted by molar-refractivity contribution is 5.94. The average molecular weight is 400 g/mol. The minimum Gasteiger partial charge on any atom is -0.461 e. The summed E-state index contributed by atoms with van der Waals surface area (Å²) in [6.07, 6.45) is -5.38. The standard InChI is InChI=1S/C18H16F4N2O4/c1-2-27-15(25)17(18(20,21)22,28-14-9-4-3-5-10-14)24-16(26)23-13-8-6-7-12(19)11-13/h3-11H,2H2,1H3,(H2,23,24,26)/t17-/m1/s1. The smallest absolute Gasteiger partial charge is 0.460 e. The summed E-state index contributed by atoms with van der Waals surface area (Å²) in [6.45, 7) is 0.913. The molecule has 28 heavy (non-hydrogen) atoms. The van der Waals surface area contributed by atoms with E-state index in [9.17, 15) is 27.2 Å². The molecule has 150 valence electrons. The Morgan fingerprint density at radius 3 is 2.29 bits per heavy atom. The number of carbonyl (C=O) groups excluding carboxylic acids is 2. The summed E-state index contributed by atoms with van der Waals surface area (Å²) in [4.78, 5) is 24.3. The van der Waals surface area contributed by atoms with Crippen molar-refractivity contribution in [2.24, 2.45) is 0 Å². The van der Waals surface area contributed by atoms with E-state index >= 15 is 0 Å². The molecule has 2 N–H and O–H groups in total. The summed E-state index contributed by atoms with van der Waals surface area (Å²) in [5.74, 6) is -2.91.